The number of fused-ring (bicyclic) bond motifs is 3. The Morgan fingerprint density at radius 3 is 2.88 bits per heavy atom. The number of aryl methyl sites for hydroxylation is 1. The fraction of sp³-hybridized carbons (Fsp3) is 0.0909. The highest BCUT2D eigenvalue weighted by molar-refractivity contribution is 7.71. The van der Waals surface area contributed by atoms with E-state index in [1.54, 1.807) is 0 Å². The third kappa shape index (κ3) is 1.53. The molecule has 3 aromatic rings. The molecule has 6 heteroatoms. The van der Waals surface area contributed by atoms with Gasteiger partial charge in [0.1, 0.15) is 0 Å². The number of nitrogens with one attached hydrogen (secondary N) is 2. The van der Waals surface area contributed by atoms with Gasteiger partial charge in [-0.2, -0.15) is 0 Å². The van der Waals surface area contributed by atoms with Crippen LogP contribution in [-0.2, 0) is 0 Å². The molecular weight excluding hydrogens is 236 g/mol. The molecule has 0 unspecified atom stereocenters. The second-order valence-corrected chi connectivity index (χ2v) is 4.26. The zero-order valence-corrected chi connectivity index (χ0v) is 9.76. The average Bonchev–Trinajstić information content (AvgIpc) is 2.27. The van der Waals surface area contributed by atoms with Gasteiger partial charge < -0.3 is 4.98 Å². The molecule has 0 saturated carbocycles. The molecule has 0 bridgehead atoms. The van der Waals surface area contributed by atoms with Gasteiger partial charge in [-0.25, -0.2) is 0 Å². The van der Waals surface area contributed by atoms with Crippen LogP contribution in [0.3, 0.4) is 0 Å². The Hall–Kier alpha value is -2.08. The van der Waals surface area contributed by atoms with Crippen LogP contribution < -0.4 is 5.56 Å². The third-order valence-corrected chi connectivity index (χ3v) is 2.80. The van der Waals surface area contributed by atoms with Crippen LogP contribution in [-0.4, -0.2) is 20.2 Å². The summed E-state index contributed by atoms with van der Waals surface area (Å²) in [5.41, 5.74) is 2.42. The monoisotopic (exact) mass is 244 g/mol. The van der Waals surface area contributed by atoms with E-state index < -0.39 is 0 Å². The summed E-state index contributed by atoms with van der Waals surface area (Å²) in [4.78, 5) is 17.1. The van der Waals surface area contributed by atoms with Crippen LogP contribution in [0.25, 0.3) is 21.9 Å². The molecule has 0 saturated heterocycles. The van der Waals surface area contributed by atoms with Crippen molar-refractivity contribution in [1.82, 2.24) is 20.2 Å². The largest absolute Gasteiger partial charge is 0.330 e. The van der Waals surface area contributed by atoms with Crippen LogP contribution in [0, 0.1) is 11.7 Å². The molecule has 84 valence electrons. The van der Waals surface area contributed by atoms with Gasteiger partial charge in [0.2, 0.25) is 0 Å². The fourth-order valence-corrected chi connectivity index (χ4v) is 2.00. The van der Waals surface area contributed by atoms with Gasteiger partial charge in [-0.05, 0) is 30.8 Å². The molecule has 17 heavy (non-hydrogen) atoms. The molecule has 0 aliphatic rings. The summed E-state index contributed by atoms with van der Waals surface area (Å²) in [7, 11) is 0. The first-order valence-corrected chi connectivity index (χ1v) is 5.45. The summed E-state index contributed by atoms with van der Waals surface area (Å²) in [6.07, 6.45) is 0. The van der Waals surface area contributed by atoms with Crippen molar-refractivity contribution >= 4 is 34.2 Å². The number of H-pyrrole nitrogens is 2. The third-order valence-electron chi connectivity index (χ3n) is 2.60. The minimum absolute atomic E-state index is 0.273. The number of hydrogen-bond donors (Lipinski definition) is 2. The maximum atomic E-state index is 11.7. The number of rotatable bonds is 0. The Labute approximate surface area is 101 Å². The van der Waals surface area contributed by atoms with E-state index in [1.165, 1.54) is 0 Å². The lowest BCUT2D eigenvalue weighted by Crippen LogP contribution is -2.10. The van der Waals surface area contributed by atoms with Crippen molar-refractivity contribution in [2.24, 2.45) is 0 Å². The minimum atomic E-state index is -0.321. The van der Waals surface area contributed by atoms with Crippen LogP contribution in [0.2, 0.25) is 0 Å². The predicted molar refractivity (Wildman–Crippen MR) is 67.6 cm³/mol. The normalized spacial score (nSPS) is 11.1. The molecule has 2 N–H and O–H groups in total. The maximum absolute atomic E-state index is 11.7. The zero-order valence-electron chi connectivity index (χ0n) is 8.94. The fourth-order valence-electron chi connectivity index (χ4n) is 1.81. The summed E-state index contributed by atoms with van der Waals surface area (Å²) >= 11 is 4.96. The molecule has 3 rings (SSSR count). The lowest BCUT2D eigenvalue weighted by atomic mass is 10.1. The van der Waals surface area contributed by atoms with Crippen LogP contribution in [0.15, 0.2) is 23.0 Å². The van der Waals surface area contributed by atoms with E-state index in [2.05, 4.69) is 20.2 Å². The molecule has 0 aliphatic heterocycles. The molecular formula is C11H8N4OS. The van der Waals surface area contributed by atoms with Gasteiger partial charge >= 0.3 is 0 Å². The molecule has 0 fully saturated rings. The van der Waals surface area contributed by atoms with Crippen LogP contribution in [0.4, 0.5) is 0 Å². The van der Waals surface area contributed by atoms with E-state index in [4.69, 9.17) is 12.2 Å². The van der Waals surface area contributed by atoms with Gasteiger partial charge in [-0.15, -0.1) is 10.2 Å². The van der Waals surface area contributed by atoms with E-state index in [1.807, 2.05) is 25.1 Å². The first kappa shape index (κ1) is 10.1. The van der Waals surface area contributed by atoms with Gasteiger partial charge in [-0.3, -0.25) is 9.78 Å². The van der Waals surface area contributed by atoms with E-state index in [0.717, 1.165) is 16.5 Å². The van der Waals surface area contributed by atoms with E-state index in [0.29, 0.717) is 5.52 Å². The number of benzene rings is 1. The van der Waals surface area contributed by atoms with E-state index in [-0.39, 0.29) is 15.8 Å². The Kier molecular flexibility index (Phi) is 2.05. The standard InChI is InChI=1S/C11H8N4OS/c1-5-2-3-6-7(4-5)14-15-9-8(6)12-11(17)13-10(9)16/h2-4H,1H3,(H2,12,13,16,17). The van der Waals surface area contributed by atoms with Crippen molar-refractivity contribution < 1.29 is 0 Å². The van der Waals surface area contributed by atoms with Gasteiger partial charge in [0.05, 0.1) is 11.0 Å². The predicted octanol–water partition coefficient (Wildman–Crippen LogP) is 1.84. The topological polar surface area (TPSA) is 74.4 Å². The maximum Gasteiger partial charge on any atom is 0.280 e. The average molecular weight is 244 g/mol. The van der Waals surface area contributed by atoms with Gasteiger partial charge in [-0.1, -0.05) is 12.1 Å². The van der Waals surface area contributed by atoms with Crippen molar-refractivity contribution in [2.45, 2.75) is 6.92 Å². The molecule has 0 spiro atoms. The highest BCUT2D eigenvalue weighted by Gasteiger charge is 2.06. The highest BCUT2D eigenvalue weighted by atomic mass is 32.1. The molecule has 0 amide bonds. The van der Waals surface area contributed by atoms with Crippen molar-refractivity contribution in [3.63, 3.8) is 0 Å². The van der Waals surface area contributed by atoms with Gasteiger partial charge in [0.15, 0.2) is 10.3 Å². The summed E-state index contributed by atoms with van der Waals surface area (Å²) in [5, 5.41) is 8.80. The summed E-state index contributed by atoms with van der Waals surface area (Å²) in [6.45, 7) is 1.98. The second-order valence-electron chi connectivity index (χ2n) is 3.85. The molecule has 0 atom stereocenters. The molecule has 2 heterocycles. The Morgan fingerprint density at radius 2 is 2.06 bits per heavy atom. The SMILES string of the molecule is Cc1ccc2c(c1)nnc1c(=O)[nH]c(=S)[nH]c12. The summed E-state index contributed by atoms with van der Waals surface area (Å²) in [6, 6.07) is 5.79. The number of hydrogen-bond acceptors (Lipinski definition) is 4. The second kappa shape index (κ2) is 3.46. The Morgan fingerprint density at radius 1 is 1.24 bits per heavy atom. The lowest BCUT2D eigenvalue weighted by Gasteiger charge is -2.02. The minimum Gasteiger partial charge on any atom is -0.330 e. The molecule has 1 aromatic carbocycles. The lowest BCUT2D eigenvalue weighted by molar-refractivity contribution is 1.06. The first-order valence-electron chi connectivity index (χ1n) is 5.04. The van der Waals surface area contributed by atoms with Crippen molar-refractivity contribution in [3.05, 3.63) is 38.9 Å². The number of nitrogens with zero attached hydrogens (tertiary/aromatic N) is 2. The molecule has 2 aromatic heterocycles. The van der Waals surface area contributed by atoms with E-state index in [9.17, 15) is 4.79 Å². The zero-order chi connectivity index (χ0) is 12.0. The number of aromatic amines is 2. The quantitative estimate of drug-likeness (QED) is 0.467. The van der Waals surface area contributed by atoms with Gasteiger partial charge in [0.25, 0.3) is 5.56 Å². The van der Waals surface area contributed by atoms with Gasteiger partial charge in [0, 0.05) is 5.39 Å². The Bertz CT molecular complexity index is 849. The molecule has 0 aliphatic carbocycles. The van der Waals surface area contributed by atoms with E-state index >= 15 is 0 Å². The highest BCUT2D eigenvalue weighted by Crippen LogP contribution is 2.18. The van der Waals surface area contributed by atoms with Crippen molar-refractivity contribution in [2.75, 3.05) is 0 Å². The van der Waals surface area contributed by atoms with Crippen molar-refractivity contribution in [3.8, 4) is 0 Å². The Balaban J connectivity index is 2.64. The summed E-state index contributed by atoms with van der Waals surface area (Å²) < 4.78 is 0.289. The molecule has 0 radical (unpaired) electrons. The van der Waals surface area contributed by atoms with Crippen LogP contribution in [0.1, 0.15) is 5.56 Å². The van der Waals surface area contributed by atoms with Crippen LogP contribution in [0.5, 0.6) is 0 Å². The molecule has 5 nitrogen and oxygen atoms in total. The smallest absolute Gasteiger partial charge is 0.280 e. The summed E-state index contributed by atoms with van der Waals surface area (Å²) in [5.74, 6) is 0. The first-order chi connectivity index (χ1) is 8.15. The van der Waals surface area contributed by atoms with Crippen LogP contribution >= 0.6 is 12.2 Å². The number of aromatic nitrogens is 4. The van der Waals surface area contributed by atoms with Crippen molar-refractivity contribution in [1.29, 1.82) is 0 Å².